The molecule has 3 N–H and O–H groups in total. The number of aromatic hydroxyl groups is 1. The van der Waals surface area contributed by atoms with Crippen LogP contribution in [0.1, 0.15) is 23.2 Å². The Morgan fingerprint density at radius 2 is 1.76 bits per heavy atom. The van der Waals surface area contributed by atoms with E-state index in [4.69, 9.17) is 10.5 Å². The fraction of sp³-hybridized carbons (Fsp3) is 0.556. The molecular weight excluding hydrogens is 322 g/mol. The van der Waals surface area contributed by atoms with E-state index in [-0.39, 0.29) is 23.5 Å². The Balaban J connectivity index is 1.54. The first-order valence-corrected chi connectivity index (χ1v) is 8.76. The summed E-state index contributed by atoms with van der Waals surface area (Å²) >= 11 is 0. The van der Waals surface area contributed by atoms with Crippen molar-refractivity contribution in [3.63, 3.8) is 0 Å². The number of hydrogen-bond acceptors (Lipinski definition) is 5. The molecule has 0 spiro atoms. The molecule has 2 fully saturated rings. The molecule has 2 amide bonds. The van der Waals surface area contributed by atoms with Crippen LogP contribution in [-0.4, -0.2) is 72.2 Å². The number of hydrogen-bond donors (Lipinski definition) is 2. The number of nitrogens with zero attached hydrogens (tertiary/aromatic N) is 2. The Morgan fingerprint density at radius 3 is 2.40 bits per heavy atom. The van der Waals surface area contributed by atoms with Gasteiger partial charge in [-0.3, -0.25) is 9.59 Å². The third-order valence-electron chi connectivity index (χ3n) is 5.03. The molecule has 1 unspecified atom stereocenters. The molecule has 0 bridgehead atoms. The molecule has 2 aliphatic rings. The maximum Gasteiger partial charge on any atom is 0.254 e. The lowest BCUT2D eigenvalue weighted by Gasteiger charge is -2.37. The van der Waals surface area contributed by atoms with Crippen molar-refractivity contribution in [2.24, 2.45) is 11.7 Å². The molecular formula is C18H25N3O4. The minimum Gasteiger partial charge on any atom is -0.508 e. The summed E-state index contributed by atoms with van der Waals surface area (Å²) < 4.78 is 5.32. The first-order chi connectivity index (χ1) is 12.1. The largest absolute Gasteiger partial charge is 0.508 e. The van der Waals surface area contributed by atoms with Gasteiger partial charge in [0.05, 0.1) is 6.04 Å². The standard InChI is InChI=1S/C18H25N3O4/c19-16(13-4-10-25-11-5-13)18(24)21-8-6-20(7-9-21)17(23)14-2-1-3-15(22)12-14/h1-3,12-13,16,22H,4-11,19H2. The highest BCUT2D eigenvalue weighted by Gasteiger charge is 2.32. The van der Waals surface area contributed by atoms with Crippen LogP contribution in [0.15, 0.2) is 24.3 Å². The molecule has 2 heterocycles. The van der Waals surface area contributed by atoms with E-state index in [2.05, 4.69) is 0 Å². The molecule has 1 aromatic carbocycles. The third kappa shape index (κ3) is 4.11. The SMILES string of the molecule is NC(C(=O)N1CCN(C(=O)c2cccc(O)c2)CC1)C1CCOCC1. The molecule has 136 valence electrons. The lowest BCUT2D eigenvalue weighted by Crippen LogP contribution is -2.56. The number of nitrogens with two attached hydrogens (primary N) is 1. The molecule has 2 aliphatic heterocycles. The minimum atomic E-state index is -0.489. The van der Waals surface area contributed by atoms with E-state index >= 15 is 0 Å². The normalized spacial score (nSPS) is 20.4. The number of carbonyl (C=O) groups is 2. The number of rotatable bonds is 3. The van der Waals surface area contributed by atoms with Crippen LogP contribution in [0.5, 0.6) is 5.75 Å². The van der Waals surface area contributed by atoms with Crippen molar-refractivity contribution in [3.05, 3.63) is 29.8 Å². The Morgan fingerprint density at radius 1 is 1.12 bits per heavy atom. The quantitative estimate of drug-likeness (QED) is 0.827. The Labute approximate surface area is 147 Å². The number of benzene rings is 1. The van der Waals surface area contributed by atoms with Crippen LogP contribution in [0, 0.1) is 5.92 Å². The molecule has 0 aromatic heterocycles. The van der Waals surface area contributed by atoms with Gasteiger partial charge in [0.15, 0.2) is 0 Å². The predicted molar refractivity (Wildman–Crippen MR) is 92.1 cm³/mol. The van der Waals surface area contributed by atoms with Gasteiger partial charge >= 0.3 is 0 Å². The molecule has 7 heteroatoms. The number of piperazine rings is 1. The van der Waals surface area contributed by atoms with Gasteiger partial charge in [0, 0.05) is 45.0 Å². The molecule has 25 heavy (non-hydrogen) atoms. The van der Waals surface area contributed by atoms with E-state index in [1.165, 1.54) is 12.1 Å². The van der Waals surface area contributed by atoms with E-state index in [0.29, 0.717) is 45.0 Å². The van der Waals surface area contributed by atoms with Gasteiger partial charge < -0.3 is 25.4 Å². The van der Waals surface area contributed by atoms with Crippen LogP contribution >= 0.6 is 0 Å². The molecule has 0 saturated carbocycles. The van der Waals surface area contributed by atoms with Gasteiger partial charge in [-0.1, -0.05) is 6.07 Å². The van der Waals surface area contributed by atoms with Gasteiger partial charge in [0.2, 0.25) is 5.91 Å². The van der Waals surface area contributed by atoms with Crippen molar-refractivity contribution in [1.29, 1.82) is 0 Å². The van der Waals surface area contributed by atoms with Crippen molar-refractivity contribution in [1.82, 2.24) is 9.80 Å². The van der Waals surface area contributed by atoms with Gasteiger partial charge in [0.1, 0.15) is 5.75 Å². The summed E-state index contributed by atoms with van der Waals surface area (Å²) in [5.74, 6) is 0.0865. The number of ether oxygens (including phenoxy) is 1. The molecule has 0 radical (unpaired) electrons. The second-order valence-corrected chi connectivity index (χ2v) is 6.64. The molecule has 2 saturated heterocycles. The molecule has 3 rings (SSSR count). The average Bonchev–Trinajstić information content (AvgIpc) is 2.67. The highest BCUT2D eigenvalue weighted by molar-refractivity contribution is 5.94. The van der Waals surface area contributed by atoms with Crippen LogP contribution in [0.4, 0.5) is 0 Å². The van der Waals surface area contributed by atoms with Gasteiger partial charge in [-0.05, 0) is 37.0 Å². The maximum absolute atomic E-state index is 12.6. The van der Waals surface area contributed by atoms with Crippen LogP contribution in [0.25, 0.3) is 0 Å². The molecule has 0 aliphatic carbocycles. The Bertz CT molecular complexity index is 623. The first kappa shape index (κ1) is 17.7. The van der Waals surface area contributed by atoms with Crippen molar-refractivity contribution in [2.75, 3.05) is 39.4 Å². The van der Waals surface area contributed by atoms with Gasteiger partial charge in [0.25, 0.3) is 5.91 Å². The smallest absolute Gasteiger partial charge is 0.254 e. The summed E-state index contributed by atoms with van der Waals surface area (Å²) in [5, 5.41) is 9.51. The molecule has 7 nitrogen and oxygen atoms in total. The molecule has 1 atom stereocenters. The highest BCUT2D eigenvalue weighted by atomic mass is 16.5. The highest BCUT2D eigenvalue weighted by Crippen LogP contribution is 2.20. The van der Waals surface area contributed by atoms with Crippen LogP contribution in [-0.2, 0) is 9.53 Å². The van der Waals surface area contributed by atoms with Crippen molar-refractivity contribution < 1.29 is 19.4 Å². The number of phenolic OH excluding ortho intramolecular Hbond substituents is 1. The summed E-state index contributed by atoms with van der Waals surface area (Å²) in [4.78, 5) is 28.6. The zero-order chi connectivity index (χ0) is 17.8. The van der Waals surface area contributed by atoms with E-state index in [0.717, 1.165) is 12.8 Å². The fourth-order valence-corrected chi connectivity index (χ4v) is 3.44. The number of carbonyl (C=O) groups excluding carboxylic acids is 2. The van der Waals surface area contributed by atoms with Crippen LogP contribution in [0.3, 0.4) is 0 Å². The third-order valence-corrected chi connectivity index (χ3v) is 5.03. The van der Waals surface area contributed by atoms with E-state index in [1.54, 1.807) is 21.9 Å². The van der Waals surface area contributed by atoms with E-state index in [9.17, 15) is 14.7 Å². The predicted octanol–water partition coefficient (Wildman–Crippen LogP) is 0.431. The molecule has 1 aromatic rings. The van der Waals surface area contributed by atoms with E-state index < -0.39 is 6.04 Å². The monoisotopic (exact) mass is 347 g/mol. The summed E-state index contributed by atoms with van der Waals surface area (Å²) in [5.41, 5.74) is 6.63. The van der Waals surface area contributed by atoms with E-state index in [1.807, 2.05) is 0 Å². The minimum absolute atomic E-state index is 0.0312. The van der Waals surface area contributed by atoms with Crippen LogP contribution < -0.4 is 5.73 Å². The topological polar surface area (TPSA) is 96.1 Å². The van der Waals surface area contributed by atoms with Crippen molar-refractivity contribution in [3.8, 4) is 5.75 Å². The lowest BCUT2D eigenvalue weighted by molar-refractivity contribution is -0.136. The second kappa shape index (κ2) is 7.84. The zero-order valence-corrected chi connectivity index (χ0v) is 14.3. The van der Waals surface area contributed by atoms with Crippen molar-refractivity contribution in [2.45, 2.75) is 18.9 Å². The maximum atomic E-state index is 12.6. The summed E-state index contributed by atoms with van der Waals surface area (Å²) in [7, 11) is 0. The first-order valence-electron chi connectivity index (χ1n) is 8.76. The Hall–Kier alpha value is -2.12. The number of phenols is 1. The van der Waals surface area contributed by atoms with Gasteiger partial charge in [-0.15, -0.1) is 0 Å². The number of amides is 2. The van der Waals surface area contributed by atoms with Gasteiger partial charge in [-0.25, -0.2) is 0 Å². The Kier molecular flexibility index (Phi) is 5.55. The second-order valence-electron chi connectivity index (χ2n) is 6.64. The zero-order valence-electron chi connectivity index (χ0n) is 14.3. The van der Waals surface area contributed by atoms with Crippen molar-refractivity contribution >= 4 is 11.8 Å². The fourth-order valence-electron chi connectivity index (χ4n) is 3.44. The summed E-state index contributed by atoms with van der Waals surface area (Å²) in [6.07, 6.45) is 1.64. The summed E-state index contributed by atoms with van der Waals surface area (Å²) in [6, 6.07) is 5.83. The van der Waals surface area contributed by atoms with Gasteiger partial charge in [-0.2, -0.15) is 0 Å². The average molecular weight is 347 g/mol. The lowest BCUT2D eigenvalue weighted by atomic mass is 9.91. The summed E-state index contributed by atoms with van der Waals surface area (Å²) in [6.45, 7) is 3.25. The van der Waals surface area contributed by atoms with Crippen LogP contribution in [0.2, 0.25) is 0 Å².